The minimum Gasteiger partial charge on any atom is -0.508 e. The van der Waals surface area contributed by atoms with E-state index in [0.29, 0.717) is 5.56 Å². The van der Waals surface area contributed by atoms with Crippen molar-refractivity contribution in [2.24, 2.45) is 0 Å². The van der Waals surface area contributed by atoms with Gasteiger partial charge in [0.15, 0.2) is 0 Å². The van der Waals surface area contributed by atoms with E-state index in [1.165, 1.54) is 0 Å². The van der Waals surface area contributed by atoms with Crippen molar-refractivity contribution in [2.75, 3.05) is 12.3 Å². The van der Waals surface area contributed by atoms with Gasteiger partial charge in [0.25, 0.3) is 0 Å². The highest BCUT2D eigenvalue weighted by Gasteiger charge is 2.24. The van der Waals surface area contributed by atoms with E-state index in [0.717, 1.165) is 22.5 Å². The largest absolute Gasteiger partial charge is 0.508 e. The summed E-state index contributed by atoms with van der Waals surface area (Å²) in [4.78, 5) is 24.7. The molecular weight excluding hydrogens is 404 g/mol. The van der Waals surface area contributed by atoms with Gasteiger partial charge in [0.05, 0.1) is 17.7 Å². The third-order valence-corrected chi connectivity index (χ3v) is 5.32. The normalized spacial score (nSPS) is 10.3. The minimum atomic E-state index is -0.611. The Bertz CT molecular complexity index is 1110. The Kier molecular flexibility index (Phi) is 6.35. The van der Waals surface area contributed by atoms with E-state index in [-0.39, 0.29) is 40.0 Å². The van der Waals surface area contributed by atoms with Crippen LogP contribution in [0, 0.1) is 11.3 Å². The summed E-state index contributed by atoms with van der Waals surface area (Å²) < 4.78 is 10.3. The van der Waals surface area contributed by atoms with E-state index in [1.54, 1.807) is 55.5 Å². The maximum Gasteiger partial charge on any atom is 0.348 e. The zero-order valence-corrected chi connectivity index (χ0v) is 16.9. The Labute approximate surface area is 176 Å². The molecule has 0 atom stereocenters. The van der Waals surface area contributed by atoms with Crippen LogP contribution in [0.3, 0.4) is 0 Å². The summed E-state index contributed by atoms with van der Waals surface area (Å²) in [5.41, 5.74) is 8.24. The van der Waals surface area contributed by atoms with Gasteiger partial charge in [0.1, 0.15) is 28.3 Å². The number of carbonyl (C=O) groups excluding carboxylic acids is 2. The number of anilines is 1. The number of aromatic hydroxyl groups is 1. The van der Waals surface area contributed by atoms with Gasteiger partial charge in [-0.15, -0.1) is 11.3 Å². The van der Waals surface area contributed by atoms with Crippen molar-refractivity contribution in [3.63, 3.8) is 0 Å². The number of esters is 2. The Morgan fingerprint density at radius 3 is 2.20 bits per heavy atom. The van der Waals surface area contributed by atoms with Gasteiger partial charge >= 0.3 is 11.9 Å². The molecule has 7 nitrogen and oxygen atoms in total. The molecule has 3 N–H and O–H groups in total. The summed E-state index contributed by atoms with van der Waals surface area (Å²) in [5.74, 6) is -1.04. The number of nitrogens with zero attached hydrogens (tertiary/aromatic N) is 1. The summed E-state index contributed by atoms with van der Waals surface area (Å²) in [7, 11) is 0. The quantitative estimate of drug-likeness (QED) is 0.573. The molecule has 0 saturated heterocycles. The fourth-order valence-electron chi connectivity index (χ4n) is 2.78. The number of nitrogen functional groups attached to an aromatic ring is 1. The highest BCUT2D eigenvalue weighted by Crippen LogP contribution is 2.32. The van der Waals surface area contributed by atoms with Gasteiger partial charge in [-0.3, -0.25) is 0 Å². The molecule has 0 aliphatic rings. The van der Waals surface area contributed by atoms with Crippen LogP contribution in [0.2, 0.25) is 0 Å². The Morgan fingerprint density at radius 2 is 1.63 bits per heavy atom. The van der Waals surface area contributed by atoms with Gasteiger partial charge in [-0.1, -0.05) is 24.3 Å². The highest BCUT2D eigenvalue weighted by atomic mass is 32.1. The maximum absolute atomic E-state index is 12.4. The fourth-order valence-corrected chi connectivity index (χ4v) is 3.70. The first-order chi connectivity index (χ1) is 14.4. The van der Waals surface area contributed by atoms with Crippen LogP contribution < -0.4 is 5.73 Å². The molecule has 3 rings (SSSR count). The number of nitriles is 1. The molecule has 1 heterocycles. The molecule has 2 aromatic carbocycles. The third-order valence-electron chi connectivity index (χ3n) is 4.28. The molecule has 0 aliphatic heterocycles. The predicted molar refractivity (Wildman–Crippen MR) is 112 cm³/mol. The lowest BCUT2D eigenvalue weighted by Crippen LogP contribution is -2.10. The molecule has 152 valence electrons. The number of thiophene rings is 1. The molecule has 3 aromatic rings. The number of hydrogen-bond acceptors (Lipinski definition) is 8. The van der Waals surface area contributed by atoms with Gasteiger partial charge in [-0.2, -0.15) is 5.26 Å². The van der Waals surface area contributed by atoms with Gasteiger partial charge in [0, 0.05) is 5.56 Å². The van der Waals surface area contributed by atoms with Gasteiger partial charge in [-0.25, -0.2) is 9.59 Å². The molecular formula is C22H18N2O5S. The summed E-state index contributed by atoms with van der Waals surface area (Å²) in [6.07, 6.45) is 0. The van der Waals surface area contributed by atoms with E-state index in [2.05, 4.69) is 0 Å². The first-order valence-corrected chi connectivity index (χ1v) is 9.81. The van der Waals surface area contributed by atoms with Crippen LogP contribution in [0.25, 0.3) is 11.1 Å². The predicted octanol–water partition coefficient (Wildman–Crippen LogP) is 4.11. The Hall–Kier alpha value is -3.83. The van der Waals surface area contributed by atoms with E-state index >= 15 is 0 Å². The molecule has 0 aliphatic carbocycles. The van der Waals surface area contributed by atoms with E-state index in [9.17, 15) is 20.0 Å². The number of benzene rings is 2. The molecule has 1 aromatic heterocycles. The van der Waals surface area contributed by atoms with Crippen LogP contribution in [-0.2, 0) is 16.1 Å². The lowest BCUT2D eigenvalue weighted by molar-refractivity contribution is 0.0452. The smallest absolute Gasteiger partial charge is 0.348 e. The van der Waals surface area contributed by atoms with Crippen molar-refractivity contribution >= 4 is 28.3 Å². The SMILES string of the molecule is CCOC(=O)c1sc(N)c(C#N)c1COC(=O)c1ccc(-c2ccc(O)cc2)cc1. The first-order valence-electron chi connectivity index (χ1n) is 8.99. The Morgan fingerprint density at radius 1 is 1.03 bits per heavy atom. The molecule has 0 saturated carbocycles. The second kappa shape index (κ2) is 9.11. The van der Waals surface area contributed by atoms with E-state index in [4.69, 9.17) is 15.2 Å². The first kappa shape index (κ1) is 20.9. The summed E-state index contributed by atoms with van der Waals surface area (Å²) in [6.45, 7) is 1.57. The monoisotopic (exact) mass is 422 g/mol. The van der Waals surface area contributed by atoms with Crippen LogP contribution in [0.4, 0.5) is 5.00 Å². The minimum absolute atomic E-state index is 0.110. The molecule has 30 heavy (non-hydrogen) atoms. The fraction of sp³-hybridized carbons (Fsp3) is 0.136. The lowest BCUT2D eigenvalue weighted by Gasteiger charge is -2.08. The third kappa shape index (κ3) is 4.42. The lowest BCUT2D eigenvalue weighted by atomic mass is 10.0. The summed E-state index contributed by atoms with van der Waals surface area (Å²) in [6, 6.07) is 15.4. The number of carbonyl (C=O) groups is 2. The average molecular weight is 422 g/mol. The van der Waals surface area contributed by atoms with Crippen LogP contribution in [0.15, 0.2) is 48.5 Å². The molecule has 0 fully saturated rings. The van der Waals surface area contributed by atoms with Gasteiger partial charge < -0.3 is 20.3 Å². The molecule has 0 radical (unpaired) electrons. The second-order valence-corrected chi connectivity index (χ2v) is 7.23. The number of nitrogens with two attached hydrogens (primary N) is 1. The number of phenolic OH excluding ortho intramolecular Hbond substituents is 1. The van der Waals surface area contributed by atoms with Crippen molar-refractivity contribution in [1.29, 1.82) is 5.26 Å². The van der Waals surface area contributed by atoms with Crippen molar-refractivity contribution in [3.8, 4) is 22.9 Å². The van der Waals surface area contributed by atoms with Crippen LogP contribution >= 0.6 is 11.3 Å². The van der Waals surface area contributed by atoms with Crippen LogP contribution in [-0.4, -0.2) is 23.7 Å². The second-order valence-electron chi connectivity index (χ2n) is 6.18. The number of rotatable bonds is 6. The van der Waals surface area contributed by atoms with Crippen LogP contribution in [0.1, 0.15) is 38.1 Å². The van der Waals surface area contributed by atoms with Gasteiger partial charge in [0.2, 0.25) is 0 Å². The zero-order chi connectivity index (χ0) is 21.7. The van der Waals surface area contributed by atoms with E-state index < -0.39 is 11.9 Å². The number of phenols is 1. The molecule has 0 amide bonds. The molecule has 8 heteroatoms. The van der Waals surface area contributed by atoms with E-state index in [1.807, 2.05) is 6.07 Å². The topological polar surface area (TPSA) is 123 Å². The highest BCUT2D eigenvalue weighted by molar-refractivity contribution is 7.18. The van der Waals surface area contributed by atoms with Crippen molar-refractivity contribution in [2.45, 2.75) is 13.5 Å². The molecule has 0 unspecified atom stereocenters. The summed E-state index contributed by atoms with van der Waals surface area (Å²) in [5, 5.41) is 18.9. The molecule has 0 bridgehead atoms. The Balaban J connectivity index is 1.75. The van der Waals surface area contributed by atoms with Crippen LogP contribution in [0.5, 0.6) is 5.75 Å². The zero-order valence-electron chi connectivity index (χ0n) is 16.0. The standard InChI is InChI=1S/C22H18N2O5S/c1-2-28-22(27)19-18(17(11-23)20(24)30-19)12-29-21(26)15-5-3-13(4-6-15)14-7-9-16(25)10-8-14/h3-10,25H,2,12,24H2,1H3. The van der Waals surface area contributed by atoms with Crippen molar-refractivity contribution in [1.82, 2.24) is 0 Å². The number of ether oxygens (including phenoxy) is 2. The van der Waals surface area contributed by atoms with Gasteiger partial charge in [-0.05, 0) is 42.3 Å². The average Bonchev–Trinajstić information content (AvgIpc) is 3.08. The maximum atomic E-state index is 12.4. The number of hydrogen-bond donors (Lipinski definition) is 2. The molecule has 0 spiro atoms. The van der Waals surface area contributed by atoms with Crippen molar-refractivity contribution in [3.05, 3.63) is 70.1 Å². The summed E-state index contributed by atoms with van der Waals surface area (Å²) >= 11 is 0.933. The van der Waals surface area contributed by atoms with Crippen molar-refractivity contribution < 1.29 is 24.2 Å².